The van der Waals surface area contributed by atoms with Crippen molar-refractivity contribution in [1.82, 2.24) is 14.8 Å². The van der Waals surface area contributed by atoms with Gasteiger partial charge in [-0.2, -0.15) is 13.2 Å². The summed E-state index contributed by atoms with van der Waals surface area (Å²) < 4.78 is 36.6. The van der Waals surface area contributed by atoms with Crippen molar-refractivity contribution in [3.63, 3.8) is 0 Å². The number of anilines is 1. The van der Waals surface area contributed by atoms with E-state index >= 15 is 0 Å². The maximum atomic E-state index is 12.2. The van der Waals surface area contributed by atoms with Crippen molar-refractivity contribution in [2.75, 3.05) is 38.5 Å². The molecule has 1 saturated heterocycles. The number of alkyl halides is 3. The number of nitrogen functional groups attached to an aromatic ring is 1. The van der Waals surface area contributed by atoms with Crippen LogP contribution in [0.25, 0.3) is 0 Å². The Morgan fingerprint density at radius 1 is 1.22 bits per heavy atom. The largest absolute Gasteiger partial charge is 0.401 e. The lowest BCUT2D eigenvalue weighted by molar-refractivity contribution is -0.149. The summed E-state index contributed by atoms with van der Waals surface area (Å²) in [5.74, 6) is 0. The lowest BCUT2D eigenvalue weighted by atomic mass is 10.3. The van der Waals surface area contributed by atoms with E-state index in [9.17, 15) is 13.2 Å². The summed E-state index contributed by atoms with van der Waals surface area (Å²) in [4.78, 5) is 7.68. The van der Waals surface area contributed by atoms with Crippen molar-refractivity contribution >= 4 is 16.5 Å². The zero-order chi connectivity index (χ0) is 13.2. The molecule has 102 valence electrons. The van der Waals surface area contributed by atoms with Gasteiger partial charge in [0, 0.05) is 38.1 Å². The second-order valence-corrected chi connectivity index (χ2v) is 5.23. The van der Waals surface area contributed by atoms with E-state index in [1.165, 1.54) is 16.2 Å². The first-order valence-electron chi connectivity index (χ1n) is 5.64. The molecule has 2 heterocycles. The Labute approximate surface area is 107 Å². The topological polar surface area (TPSA) is 45.4 Å². The van der Waals surface area contributed by atoms with Gasteiger partial charge in [0.05, 0.1) is 12.2 Å². The number of thiazole rings is 1. The van der Waals surface area contributed by atoms with Gasteiger partial charge in [-0.1, -0.05) is 0 Å². The van der Waals surface area contributed by atoms with Crippen LogP contribution < -0.4 is 5.73 Å². The number of aromatic nitrogens is 1. The highest BCUT2D eigenvalue weighted by molar-refractivity contribution is 7.13. The summed E-state index contributed by atoms with van der Waals surface area (Å²) in [6.07, 6.45) is -4.11. The van der Waals surface area contributed by atoms with E-state index in [1.807, 2.05) is 5.38 Å². The Hall–Kier alpha value is -0.860. The molecule has 18 heavy (non-hydrogen) atoms. The number of halogens is 3. The lowest BCUT2D eigenvalue weighted by Gasteiger charge is -2.34. The highest BCUT2D eigenvalue weighted by Crippen LogP contribution is 2.18. The van der Waals surface area contributed by atoms with Gasteiger partial charge in [0.2, 0.25) is 0 Å². The summed E-state index contributed by atoms with van der Waals surface area (Å²) in [6.45, 7) is 2.00. The quantitative estimate of drug-likeness (QED) is 0.909. The highest BCUT2D eigenvalue weighted by atomic mass is 32.1. The normalized spacial score (nSPS) is 19.3. The molecule has 8 heteroatoms. The molecule has 1 aliphatic rings. The number of hydrogen-bond donors (Lipinski definition) is 1. The van der Waals surface area contributed by atoms with Crippen LogP contribution in [0.4, 0.5) is 18.3 Å². The lowest BCUT2D eigenvalue weighted by Crippen LogP contribution is -2.48. The molecule has 0 unspecified atom stereocenters. The van der Waals surface area contributed by atoms with Gasteiger partial charge < -0.3 is 5.73 Å². The Morgan fingerprint density at radius 3 is 2.33 bits per heavy atom. The third-order valence-electron chi connectivity index (χ3n) is 2.82. The minimum absolute atomic E-state index is 0.444. The van der Waals surface area contributed by atoms with E-state index in [0.29, 0.717) is 37.9 Å². The first-order valence-corrected chi connectivity index (χ1v) is 6.52. The molecule has 1 aromatic rings. The number of piperazine rings is 1. The number of rotatable bonds is 3. The van der Waals surface area contributed by atoms with Crippen molar-refractivity contribution in [3.05, 3.63) is 11.1 Å². The molecule has 0 aliphatic carbocycles. The molecule has 2 rings (SSSR count). The van der Waals surface area contributed by atoms with Crippen molar-refractivity contribution in [1.29, 1.82) is 0 Å². The Morgan fingerprint density at radius 2 is 1.83 bits per heavy atom. The molecule has 0 radical (unpaired) electrons. The van der Waals surface area contributed by atoms with Crippen LogP contribution in [-0.2, 0) is 6.54 Å². The molecule has 1 aromatic heterocycles. The summed E-state index contributed by atoms with van der Waals surface area (Å²) in [5.41, 5.74) is 6.42. The summed E-state index contributed by atoms with van der Waals surface area (Å²) in [7, 11) is 0. The van der Waals surface area contributed by atoms with Crippen LogP contribution in [-0.4, -0.2) is 53.7 Å². The average Bonchev–Trinajstić information content (AvgIpc) is 2.65. The molecule has 0 amide bonds. The summed E-state index contributed by atoms with van der Waals surface area (Å²) in [6, 6.07) is 0. The maximum Gasteiger partial charge on any atom is 0.401 e. The molecule has 0 bridgehead atoms. The first-order chi connectivity index (χ1) is 8.42. The van der Waals surface area contributed by atoms with Gasteiger partial charge in [0.15, 0.2) is 5.13 Å². The predicted molar refractivity (Wildman–Crippen MR) is 64.3 cm³/mol. The molecule has 2 N–H and O–H groups in total. The molecule has 0 aromatic carbocycles. The van der Waals surface area contributed by atoms with Crippen molar-refractivity contribution in [2.45, 2.75) is 12.7 Å². The smallest absolute Gasteiger partial charge is 0.375 e. The second kappa shape index (κ2) is 5.41. The molecule has 0 atom stereocenters. The number of hydrogen-bond acceptors (Lipinski definition) is 5. The van der Waals surface area contributed by atoms with E-state index in [2.05, 4.69) is 9.88 Å². The minimum atomic E-state index is -4.11. The van der Waals surface area contributed by atoms with Gasteiger partial charge in [-0.3, -0.25) is 9.80 Å². The number of nitrogens with two attached hydrogens (primary N) is 1. The van der Waals surface area contributed by atoms with Crippen LogP contribution in [0, 0.1) is 0 Å². The first kappa shape index (κ1) is 13.6. The van der Waals surface area contributed by atoms with Crippen molar-refractivity contribution in [3.8, 4) is 0 Å². The highest BCUT2D eigenvalue weighted by Gasteiger charge is 2.32. The van der Waals surface area contributed by atoms with E-state index < -0.39 is 12.7 Å². The summed E-state index contributed by atoms with van der Waals surface area (Å²) >= 11 is 1.38. The van der Waals surface area contributed by atoms with Crippen LogP contribution in [0.15, 0.2) is 5.38 Å². The fourth-order valence-corrected chi connectivity index (χ4v) is 2.54. The van der Waals surface area contributed by atoms with Crippen LogP contribution in [0.5, 0.6) is 0 Å². The zero-order valence-electron chi connectivity index (χ0n) is 9.78. The van der Waals surface area contributed by atoms with Crippen LogP contribution in [0.1, 0.15) is 5.69 Å². The van der Waals surface area contributed by atoms with Gasteiger partial charge in [0.25, 0.3) is 0 Å². The summed E-state index contributed by atoms with van der Waals surface area (Å²) in [5, 5.41) is 2.41. The van der Waals surface area contributed by atoms with Crippen LogP contribution in [0.3, 0.4) is 0 Å². The third-order valence-corrected chi connectivity index (χ3v) is 3.55. The van der Waals surface area contributed by atoms with Gasteiger partial charge in [-0.15, -0.1) is 11.3 Å². The molecule has 1 fully saturated rings. The van der Waals surface area contributed by atoms with E-state index in [0.717, 1.165) is 5.69 Å². The molecule has 4 nitrogen and oxygen atoms in total. The van der Waals surface area contributed by atoms with Gasteiger partial charge in [-0.05, 0) is 0 Å². The van der Waals surface area contributed by atoms with Gasteiger partial charge >= 0.3 is 6.18 Å². The van der Waals surface area contributed by atoms with Crippen LogP contribution in [0.2, 0.25) is 0 Å². The van der Waals surface area contributed by atoms with Gasteiger partial charge in [-0.25, -0.2) is 4.98 Å². The average molecular weight is 280 g/mol. The van der Waals surface area contributed by atoms with Crippen LogP contribution >= 0.6 is 11.3 Å². The Balaban J connectivity index is 1.77. The van der Waals surface area contributed by atoms with Crippen molar-refractivity contribution in [2.24, 2.45) is 0 Å². The fraction of sp³-hybridized carbons (Fsp3) is 0.700. The minimum Gasteiger partial charge on any atom is -0.375 e. The molecular weight excluding hydrogens is 265 g/mol. The maximum absolute atomic E-state index is 12.2. The number of nitrogens with zero attached hydrogens (tertiary/aromatic N) is 3. The molecular formula is C10H15F3N4S. The SMILES string of the molecule is Nc1nc(CN2CCN(CC(F)(F)F)CC2)cs1. The fourth-order valence-electron chi connectivity index (χ4n) is 1.98. The zero-order valence-corrected chi connectivity index (χ0v) is 10.6. The van der Waals surface area contributed by atoms with E-state index in [-0.39, 0.29) is 0 Å². The molecule has 1 aliphatic heterocycles. The second-order valence-electron chi connectivity index (χ2n) is 4.34. The monoisotopic (exact) mass is 280 g/mol. The third kappa shape index (κ3) is 4.11. The Kier molecular flexibility index (Phi) is 4.08. The van der Waals surface area contributed by atoms with Gasteiger partial charge in [0.1, 0.15) is 0 Å². The molecule has 0 spiro atoms. The standard InChI is InChI=1S/C10H15F3N4S/c11-10(12,13)7-17-3-1-16(2-4-17)5-8-6-18-9(14)15-8/h6H,1-5,7H2,(H2,14,15). The van der Waals surface area contributed by atoms with E-state index in [4.69, 9.17) is 5.73 Å². The predicted octanol–water partition coefficient (Wildman–Crippen LogP) is 1.41. The molecule has 0 saturated carbocycles. The Bertz CT molecular complexity index is 385. The van der Waals surface area contributed by atoms with Crippen molar-refractivity contribution < 1.29 is 13.2 Å². The van der Waals surface area contributed by atoms with E-state index in [1.54, 1.807) is 0 Å².